The number of aromatic nitrogens is 2. The minimum absolute atomic E-state index is 0.0501. The van der Waals surface area contributed by atoms with Gasteiger partial charge in [-0.05, 0) is 11.6 Å². The first kappa shape index (κ1) is 15.1. The molecule has 1 aromatic heterocycles. The molecule has 1 heterocycles. The summed E-state index contributed by atoms with van der Waals surface area (Å²) in [6.07, 6.45) is 2.60. The van der Waals surface area contributed by atoms with Crippen LogP contribution < -0.4 is 0 Å². The molecule has 0 aliphatic carbocycles. The van der Waals surface area contributed by atoms with Gasteiger partial charge in [0, 0.05) is 29.7 Å². The zero-order valence-corrected chi connectivity index (χ0v) is 12.0. The predicted octanol–water partition coefficient (Wildman–Crippen LogP) is 2.86. The van der Waals surface area contributed by atoms with Gasteiger partial charge in [-0.25, -0.2) is 4.79 Å². The third-order valence-corrected chi connectivity index (χ3v) is 3.34. The standard InChI is InChI=1S/C12H8ClN3O4S/c13-12-10(14-15-21-12)7-20-11(17)5-4-8-2-1-3-9(6-8)16(18)19/h1-6H,7H2/b5-4+. The fraction of sp³-hybridized carbons (Fsp3) is 0.0833. The second-order valence-corrected chi connectivity index (χ2v) is 5.14. The number of halogens is 1. The van der Waals surface area contributed by atoms with Crippen LogP contribution >= 0.6 is 23.1 Å². The quantitative estimate of drug-likeness (QED) is 0.363. The summed E-state index contributed by atoms with van der Waals surface area (Å²) in [4.78, 5) is 21.6. The highest BCUT2D eigenvalue weighted by atomic mass is 35.5. The Kier molecular flexibility index (Phi) is 4.96. The molecular formula is C12H8ClN3O4S. The molecule has 2 aromatic rings. The van der Waals surface area contributed by atoms with E-state index in [0.29, 0.717) is 15.6 Å². The predicted molar refractivity (Wildman–Crippen MR) is 76.8 cm³/mol. The highest BCUT2D eigenvalue weighted by Gasteiger charge is 2.08. The van der Waals surface area contributed by atoms with Gasteiger partial charge >= 0.3 is 5.97 Å². The van der Waals surface area contributed by atoms with Crippen LogP contribution in [0.25, 0.3) is 6.08 Å². The Balaban J connectivity index is 1.94. The molecule has 7 nitrogen and oxygen atoms in total. The molecule has 0 unspecified atom stereocenters. The summed E-state index contributed by atoms with van der Waals surface area (Å²) < 4.78 is 8.90. The molecule has 1 aromatic carbocycles. The smallest absolute Gasteiger partial charge is 0.331 e. The molecule has 0 saturated carbocycles. The van der Waals surface area contributed by atoms with E-state index in [4.69, 9.17) is 16.3 Å². The van der Waals surface area contributed by atoms with Crippen LogP contribution in [-0.4, -0.2) is 20.5 Å². The van der Waals surface area contributed by atoms with Gasteiger partial charge in [0.15, 0.2) is 0 Å². The second-order valence-electron chi connectivity index (χ2n) is 3.79. The van der Waals surface area contributed by atoms with E-state index in [1.165, 1.54) is 30.4 Å². The topological polar surface area (TPSA) is 95.2 Å². The summed E-state index contributed by atoms with van der Waals surface area (Å²) in [6.45, 7) is -0.0759. The second kappa shape index (κ2) is 6.91. The number of ether oxygens (including phenoxy) is 1. The van der Waals surface area contributed by atoms with Crippen LogP contribution in [-0.2, 0) is 16.1 Å². The van der Waals surface area contributed by atoms with Crippen molar-refractivity contribution >= 4 is 40.9 Å². The minimum atomic E-state index is -0.606. The Morgan fingerprint density at radius 2 is 2.33 bits per heavy atom. The maximum atomic E-state index is 11.5. The van der Waals surface area contributed by atoms with Gasteiger partial charge in [0.25, 0.3) is 5.69 Å². The number of rotatable bonds is 5. The summed E-state index contributed by atoms with van der Waals surface area (Å²) in [5.41, 5.74) is 0.860. The Morgan fingerprint density at radius 1 is 1.52 bits per heavy atom. The summed E-state index contributed by atoms with van der Waals surface area (Å²) in [7, 11) is 0. The molecule has 0 saturated heterocycles. The van der Waals surface area contributed by atoms with Gasteiger partial charge in [0.2, 0.25) is 0 Å². The number of nitro benzene ring substituents is 1. The number of non-ortho nitro benzene ring substituents is 1. The highest BCUT2D eigenvalue weighted by Crippen LogP contribution is 2.18. The average molecular weight is 326 g/mol. The first-order chi connectivity index (χ1) is 10.1. The van der Waals surface area contributed by atoms with Crippen molar-refractivity contribution in [3.8, 4) is 0 Å². The van der Waals surface area contributed by atoms with Crippen LogP contribution in [0.1, 0.15) is 11.3 Å². The molecule has 21 heavy (non-hydrogen) atoms. The molecule has 0 N–H and O–H groups in total. The zero-order valence-electron chi connectivity index (χ0n) is 10.4. The zero-order chi connectivity index (χ0) is 15.2. The molecule has 0 amide bonds. The number of carbonyl (C=O) groups excluding carboxylic acids is 1. The number of hydrogen-bond acceptors (Lipinski definition) is 7. The summed E-state index contributed by atoms with van der Waals surface area (Å²) in [5, 5.41) is 14.3. The summed E-state index contributed by atoms with van der Waals surface area (Å²) in [5.74, 6) is -0.606. The van der Waals surface area contributed by atoms with Crippen LogP contribution in [0.15, 0.2) is 30.3 Å². The van der Waals surface area contributed by atoms with Crippen molar-refractivity contribution in [3.63, 3.8) is 0 Å². The normalized spacial score (nSPS) is 10.7. The minimum Gasteiger partial charge on any atom is -0.456 e. The van der Waals surface area contributed by atoms with E-state index < -0.39 is 10.9 Å². The van der Waals surface area contributed by atoms with Gasteiger partial charge < -0.3 is 4.74 Å². The third kappa shape index (κ3) is 4.33. The van der Waals surface area contributed by atoms with Crippen molar-refractivity contribution in [2.24, 2.45) is 0 Å². The molecule has 0 fully saturated rings. The maximum Gasteiger partial charge on any atom is 0.331 e. The van der Waals surface area contributed by atoms with Crippen molar-refractivity contribution in [1.82, 2.24) is 9.59 Å². The molecular weight excluding hydrogens is 318 g/mol. The maximum absolute atomic E-state index is 11.5. The number of benzene rings is 1. The number of nitrogens with zero attached hydrogens (tertiary/aromatic N) is 3. The summed E-state index contributed by atoms with van der Waals surface area (Å²) >= 11 is 6.77. The van der Waals surface area contributed by atoms with Crippen LogP contribution in [0.2, 0.25) is 4.34 Å². The van der Waals surface area contributed by atoms with E-state index in [2.05, 4.69) is 9.59 Å². The van der Waals surface area contributed by atoms with E-state index in [0.717, 1.165) is 11.5 Å². The molecule has 0 aliphatic rings. The fourth-order valence-corrected chi connectivity index (χ4v) is 1.98. The molecule has 9 heteroatoms. The van der Waals surface area contributed by atoms with Gasteiger partial charge in [-0.1, -0.05) is 28.2 Å². The Bertz CT molecular complexity index is 701. The lowest BCUT2D eigenvalue weighted by molar-refractivity contribution is -0.384. The van der Waals surface area contributed by atoms with Crippen molar-refractivity contribution < 1.29 is 14.5 Å². The van der Waals surface area contributed by atoms with Crippen LogP contribution in [0.3, 0.4) is 0 Å². The number of esters is 1. The van der Waals surface area contributed by atoms with E-state index in [1.807, 2.05) is 0 Å². The number of nitro groups is 1. The molecule has 0 atom stereocenters. The van der Waals surface area contributed by atoms with Crippen molar-refractivity contribution in [2.75, 3.05) is 0 Å². The lowest BCUT2D eigenvalue weighted by Gasteiger charge is -1.98. The molecule has 0 bridgehead atoms. The first-order valence-corrected chi connectivity index (χ1v) is 6.77. The Morgan fingerprint density at radius 3 is 3.00 bits per heavy atom. The molecule has 2 rings (SSSR count). The Labute approximate surface area is 128 Å². The van der Waals surface area contributed by atoms with Crippen LogP contribution in [0.4, 0.5) is 5.69 Å². The monoisotopic (exact) mass is 325 g/mol. The molecule has 0 radical (unpaired) electrons. The van der Waals surface area contributed by atoms with Gasteiger partial charge in [0.05, 0.1) is 4.92 Å². The SMILES string of the molecule is O=C(/C=C/c1cccc([N+](=O)[O-])c1)OCc1nnsc1Cl. The lowest BCUT2D eigenvalue weighted by Crippen LogP contribution is -2.01. The van der Waals surface area contributed by atoms with Crippen molar-refractivity contribution in [2.45, 2.75) is 6.61 Å². The van der Waals surface area contributed by atoms with E-state index >= 15 is 0 Å². The molecule has 0 spiro atoms. The molecule has 108 valence electrons. The molecule has 0 aliphatic heterocycles. The third-order valence-electron chi connectivity index (χ3n) is 2.35. The van der Waals surface area contributed by atoms with Crippen LogP contribution in [0, 0.1) is 10.1 Å². The lowest BCUT2D eigenvalue weighted by atomic mass is 10.2. The highest BCUT2D eigenvalue weighted by molar-refractivity contribution is 7.10. The largest absolute Gasteiger partial charge is 0.456 e. The van der Waals surface area contributed by atoms with E-state index in [1.54, 1.807) is 6.07 Å². The average Bonchev–Trinajstić information content (AvgIpc) is 2.88. The van der Waals surface area contributed by atoms with Gasteiger partial charge in [0.1, 0.15) is 16.6 Å². The number of carbonyl (C=O) groups is 1. The van der Waals surface area contributed by atoms with Gasteiger partial charge in [-0.3, -0.25) is 10.1 Å². The Hall–Kier alpha value is -2.32. The first-order valence-electron chi connectivity index (χ1n) is 5.62. The van der Waals surface area contributed by atoms with Gasteiger partial charge in [-0.2, -0.15) is 0 Å². The fourth-order valence-electron chi connectivity index (χ4n) is 1.38. The van der Waals surface area contributed by atoms with Crippen LogP contribution in [0.5, 0.6) is 0 Å². The van der Waals surface area contributed by atoms with E-state index in [9.17, 15) is 14.9 Å². The summed E-state index contributed by atoms with van der Waals surface area (Å²) in [6, 6.07) is 5.89. The van der Waals surface area contributed by atoms with E-state index in [-0.39, 0.29) is 12.3 Å². The van der Waals surface area contributed by atoms with Gasteiger partial charge in [-0.15, -0.1) is 5.10 Å². The van der Waals surface area contributed by atoms with Crippen molar-refractivity contribution in [3.05, 3.63) is 56.0 Å². The van der Waals surface area contributed by atoms with Crippen molar-refractivity contribution in [1.29, 1.82) is 0 Å². The number of hydrogen-bond donors (Lipinski definition) is 0.